The maximum absolute atomic E-state index is 13.0. The van der Waals surface area contributed by atoms with Gasteiger partial charge in [0.25, 0.3) is 0 Å². The molecule has 0 spiro atoms. The Hall–Kier alpha value is -3.05. The first-order valence-electron chi connectivity index (χ1n) is 9.03. The zero-order valence-corrected chi connectivity index (χ0v) is 16.3. The Kier molecular flexibility index (Phi) is 5.17. The summed E-state index contributed by atoms with van der Waals surface area (Å²) in [6, 6.07) is 21.3. The predicted molar refractivity (Wildman–Crippen MR) is 114 cm³/mol. The van der Waals surface area contributed by atoms with Gasteiger partial charge in [-0.3, -0.25) is 4.79 Å². The molecule has 0 unspecified atom stereocenters. The van der Waals surface area contributed by atoms with Gasteiger partial charge in [-0.2, -0.15) is 0 Å². The van der Waals surface area contributed by atoms with E-state index < -0.39 is 0 Å². The van der Waals surface area contributed by atoms with Gasteiger partial charge in [0, 0.05) is 23.2 Å². The molecule has 28 heavy (non-hydrogen) atoms. The molecule has 1 aliphatic heterocycles. The van der Waals surface area contributed by atoms with Crippen molar-refractivity contribution in [2.45, 2.75) is 11.3 Å². The molecule has 5 heteroatoms. The van der Waals surface area contributed by atoms with Crippen LogP contribution in [0.3, 0.4) is 0 Å². The third kappa shape index (κ3) is 3.53. The summed E-state index contributed by atoms with van der Waals surface area (Å²) in [6.45, 7) is 0.293. The molecule has 4 nitrogen and oxygen atoms in total. The summed E-state index contributed by atoms with van der Waals surface area (Å²) in [7, 11) is 0. The number of Topliss-reactive ketones (excluding diaryl/α,β-unsaturated/α-hetero) is 1. The summed E-state index contributed by atoms with van der Waals surface area (Å²) in [5.41, 5.74) is 2.87. The molecule has 1 N–H and O–H groups in total. The molecule has 0 saturated heterocycles. The topological polar surface area (TPSA) is 53.4 Å². The van der Waals surface area contributed by atoms with Crippen LogP contribution in [-0.2, 0) is 11.2 Å². The highest BCUT2D eigenvalue weighted by molar-refractivity contribution is 7.98. The van der Waals surface area contributed by atoms with Gasteiger partial charge < -0.3 is 10.0 Å². The Morgan fingerprint density at radius 2 is 1.82 bits per heavy atom. The summed E-state index contributed by atoms with van der Waals surface area (Å²) in [5, 5.41) is 10.8. The summed E-state index contributed by atoms with van der Waals surface area (Å²) >= 11 is 1.67. The van der Waals surface area contributed by atoms with E-state index in [1.807, 2.05) is 65.8 Å². The normalized spacial score (nSPS) is 13.4. The van der Waals surface area contributed by atoms with Gasteiger partial charge in [0.1, 0.15) is 11.6 Å². The number of ketones is 1. The lowest BCUT2D eigenvalue weighted by molar-refractivity contribution is -0.115. The number of thioether (sulfide) groups is 1. The number of rotatable bonds is 5. The maximum Gasteiger partial charge on any atom is 0.168 e. The van der Waals surface area contributed by atoms with Gasteiger partial charge in [0.15, 0.2) is 5.78 Å². The number of para-hydroxylation sites is 1. The van der Waals surface area contributed by atoms with E-state index in [0.29, 0.717) is 23.5 Å². The van der Waals surface area contributed by atoms with Crippen LogP contribution in [0.5, 0.6) is 0 Å². The van der Waals surface area contributed by atoms with Crippen LogP contribution in [0, 0.1) is 0 Å². The number of anilines is 2. The van der Waals surface area contributed by atoms with Crippen LogP contribution >= 0.6 is 11.8 Å². The third-order valence-electron chi connectivity index (χ3n) is 4.83. The minimum atomic E-state index is -0.0789. The minimum absolute atomic E-state index is 0.0287. The largest absolute Gasteiger partial charge is 0.507 e. The molecule has 0 radical (unpaired) electrons. The molecule has 0 amide bonds. The van der Waals surface area contributed by atoms with Gasteiger partial charge in [-0.25, -0.2) is 4.98 Å². The van der Waals surface area contributed by atoms with E-state index in [1.165, 1.54) is 0 Å². The number of pyridine rings is 1. The van der Waals surface area contributed by atoms with E-state index in [4.69, 9.17) is 0 Å². The van der Waals surface area contributed by atoms with E-state index in [0.717, 1.165) is 16.1 Å². The SMILES string of the molecule is CSc1ccc(CC(=O)C2=C(O)c3cccnc3N(c3ccccc3)C2)cc1. The van der Waals surface area contributed by atoms with Crippen LogP contribution in [0.2, 0.25) is 0 Å². The van der Waals surface area contributed by atoms with Crippen molar-refractivity contribution in [3.05, 3.63) is 89.6 Å². The highest BCUT2D eigenvalue weighted by Gasteiger charge is 2.29. The molecule has 2 heterocycles. The Morgan fingerprint density at radius 1 is 1.07 bits per heavy atom. The summed E-state index contributed by atoms with van der Waals surface area (Å²) in [4.78, 5) is 20.6. The number of aliphatic hydroxyl groups is 1. The van der Waals surface area contributed by atoms with Crippen LogP contribution < -0.4 is 4.90 Å². The Balaban J connectivity index is 1.68. The van der Waals surface area contributed by atoms with Crippen molar-refractivity contribution in [3.63, 3.8) is 0 Å². The number of carbonyl (C=O) groups excluding carboxylic acids is 1. The summed E-state index contributed by atoms with van der Waals surface area (Å²) < 4.78 is 0. The van der Waals surface area contributed by atoms with E-state index >= 15 is 0 Å². The molecule has 140 valence electrons. The number of nitrogens with zero attached hydrogens (tertiary/aromatic N) is 2. The second-order valence-corrected chi connectivity index (χ2v) is 7.45. The fraction of sp³-hybridized carbons (Fsp3) is 0.130. The fourth-order valence-corrected chi connectivity index (χ4v) is 3.75. The Bertz CT molecular complexity index is 1030. The monoisotopic (exact) mass is 388 g/mol. The Morgan fingerprint density at radius 3 is 2.54 bits per heavy atom. The van der Waals surface area contributed by atoms with E-state index in [-0.39, 0.29) is 18.0 Å². The number of hydrogen-bond donors (Lipinski definition) is 1. The van der Waals surface area contributed by atoms with E-state index in [9.17, 15) is 9.90 Å². The molecule has 3 aromatic rings. The number of fused-ring (bicyclic) bond motifs is 1. The average Bonchev–Trinajstić information content (AvgIpc) is 2.75. The summed E-state index contributed by atoms with van der Waals surface area (Å²) in [5.74, 6) is 0.609. The molecule has 0 atom stereocenters. The van der Waals surface area contributed by atoms with Gasteiger partial charge in [0.05, 0.1) is 17.7 Å². The second kappa shape index (κ2) is 7.90. The lowest BCUT2D eigenvalue weighted by Crippen LogP contribution is -2.30. The molecule has 0 saturated carbocycles. The highest BCUT2D eigenvalue weighted by atomic mass is 32.2. The third-order valence-corrected chi connectivity index (χ3v) is 5.57. The van der Waals surface area contributed by atoms with Crippen LogP contribution in [0.1, 0.15) is 11.1 Å². The quantitative estimate of drug-likeness (QED) is 0.621. The van der Waals surface area contributed by atoms with E-state index in [2.05, 4.69) is 4.98 Å². The van der Waals surface area contributed by atoms with Gasteiger partial charge in [0.2, 0.25) is 0 Å². The first-order valence-corrected chi connectivity index (χ1v) is 10.3. The maximum atomic E-state index is 13.0. The number of carbonyl (C=O) groups is 1. The summed E-state index contributed by atoms with van der Waals surface area (Å²) in [6.07, 6.45) is 3.98. The molecule has 0 bridgehead atoms. The molecule has 0 fully saturated rings. The van der Waals surface area contributed by atoms with Gasteiger partial charge in [-0.1, -0.05) is 30.3 Å². The molecule has 2 aromatic carbocycles. The van der Waals surface area contributed by atoms with Crippen LogP contribution in [0.4, 0.5) is 11.5 Å². The fourth-order valence-electron chi connectivity index (χ4n) is 3.34. The number of aliphatic hydroxyl groups excluding tert-OH is 1. The van der Waals surface area contributed by atoms with Crippen molar-refractivity contribution in [2.24, 2.45) is 0 Å². The van der Waals surface area contributed by atoms with E-state index in [1.54, 1.807) is 30.1 Å². The minimum Gasteiger partial charge on any atom is -0.507 e. The van der Waals surface area contributed by atoms with Gasteiger partial charge >= 0.3 is 0 Å². The van der Waals surface area contributed by atoms with Crippen LogP contribution in [-0.4, -0.2) is 28.7 Å². The number of hydrogen-bond acceptors (Lipinski definition) is 5. The molecule has 0 aliphatic carbocycles. The molecular weight excluding hydrogens is 368 g/mol. The van der Waals surface area contributed by atoms with Crippen molar-refractivity contribution >= 4 is 34.8 Å². The molecule has 1 aliphatic rings. The average molecular weight is 388 g/mol. The van der Waals surface area contributed by atoms with Crippen molar-refractivity contribution in [1.82, 2.24) is 4.98 Å². The molecule has 4 rings (SSSR count). The zero-order chi connectivity index (χ0) is 19.5. The Labute approximate surface area is 168 Å². The predicted octanol–water partition coefficient (Wildman–Crippen LogP) is 5.04. The number of aromatic nitrogens is 1. The first-order chi connectivity index (χ1) is 13.7. The van der Waals surface area contributed by atoms with Crippen LogP contribution in [0.15, 0.2) is 83.4 Å². The number of benzene rings is 2. The second-order valence-electron chi connectivity index (χ2n) is 6.57. The lowest BCUT2D eigenvalue weighted by atomic mass is 9.96. The standard InChI is InChI=1S/C23H20N2O2S/c1-28-18-11-9-16(10-12-18)14-21(26)20-15-25(17-6-3-2-4-7-17)23-19(22(20)27)8-5-13-24-23/h2-13,27H,14-15H2,1H3. The van der Waals surface area contributed by atoms with Gasteiger partial charge in [-0.05, 0) is 48.2 Å². The molecule has 1 aromatic heterocycles. The van der Waals surface area contributed by atoms with Crippen molar-refractivity contribution in [3.8, 4) is 0 Å². The smallest absolute Gasteiger partial charge is 0.168 e. The van der Waals surface area contributed by atoms with Gasteiger partial charge in [-0.15, -0.1) is 11.8 Å². The van der Waals surface area contributed by atoms with Crippen LogP contribution in [0.25, 0.3) is 5.76 Å². The zero-order valence-electron chi connectivity index (χ0n) is 15.5. The van der Waals surface area contributed by atoms with Crippen molar-refractivity contribution in [2.75, 3.05) is 17.7 Å². The lowest BCUT2D eigenvalue weighted by Gasteiger charge is -2.31. The van der Waals surface area contributed by atoms with Crippen molar-refractivity contribution < 1.29 is 9.90 Å². The molecular formula is C23H20N2O2S. The first kappa shape index (κ1) is 18.3. The van der Waals surface area contributed by atoms with Crippen molar-refractivity contribution in [1.29, 1.82) is 0 Å². The highest BCUT2D eigenvalue weighted by Crippen LogP contribution is 2.36.